The van der Waals surface area contributed by atoms with Crippen LogP contribution in [0.1, 0.15) is 39.3 Å². The van der Waals surface area contributed by atoms with Gasteiger partial charge in [-0.05, 0) is 74.2 Å². The molecule has 0 saturated carbocycles. The molecule has 108 valence electrons. The molecule has 0 fully saturated rings. The number of carbonyl (C=O) groups is 1. The maximum absolute atomic E-state index is 11.5. The van der Waals surface area contributed by atoms with E-state index in [0.717, 1.165) is 46.8 Å². The van der Waals surface area contributed by atoms with Crippen molar-refractivity contribution in [1.82, 2.24) is 9.97 Å². The van der Waals surface area contributed by atoms with E-state index in [-0.39, 0.29) is 5.56 Å². The maximum atomic E-state index is 11.5. The minimum atomic E-state index is -0.927. The van der Waals surface area contributed by atoms with E-state index < -0.39 is 5.97 Å². The number of fused-ring (bicyclic) bond motifs is 1. The fourth-order valence-corrected chi connectivity index (χ4v) is 3.68. The van der Waals surface area contributed by atoms with Crippen molar-refractivity contribution in [2.75, 3.05) is 0 Å². The zero-order chi connectivity index (χ0) is 15.0. The lowest BCUT2D eigenvalue weighted by Crippen LogP contribution is -2.04. The molecule has 2 aromatic heterocycles. The molecule has 0 saturated heterocycles. The van der Waals surface area contributed by atoms with Crippen LogP contribution in [0.2, 0.25) is 0 Å². The number of hydrogen-bond donors (Lipinski definition) is 1. The molecule has 21 heavy (non-hydrogen) atoms. The topological polar surface area (TPSA) is 63.1 Å². The Morgan fingerprint density at radius 2 is 2.00 bits per heavy atom. The van der Waals surface area contributed by atoms with Crippen LogP contribution in [0, 0.1) is 13.8 Å². The molecule has 0 amide bonds. The van der Waals surface area contributed by atoms with Crippen LogP contribution >= 0.6 is 11.8 Å². The number of carboxylic acid groups (broad SMARTS) is 1. The van der Waals surface area contributed by atoms with Gasteiger partial charge >= 0.3 is 5.97 Å². The van der Waals surface area contributed by atoms with Gasteiger partial charge in [0.1, 0.15) is 10.1 Å². The van der Waals surface area contributed by atoms with E-state index in [1.165, 1.54) is 11.8 Å². The normalized spacial score (nSPS) is 13.2. The van der Waals surface area contributed by atoms with Crippen LogP contribution in [0.3, 0.4) is 0 Å². The second-order valence-electron chi connectivity index (χ2n) is 5.33. The van der Waals surface area contributed by atoms with Gasteiger partial charge in [0.2, 0.25) is 0 Å². The molecular formula is C16H16N2O2S. The van der Waals surface area contributed by atoms with E-state index in [0.29, 0.717) is 5.03 Å². The van der Waals surface area contributed by atoms with Gasteiger partial charge in [-0.1, -0.05) is 0 Å². The number of aryl methyl sites for hydroxylation is 4. The van der Waals surface area contributed by atoms with Gasteiger partial charge in [-0.3, -0.25) is 0 Å². The van der Waals surface area contributed by atoms with E-state index in [1.807, 2.05) is 26.0 Å². The summed E-state index contributed by atoms with van der Waals surface area (Å²) in [5.41, 5.74) is 4.43. The van der Waals surface area contributed by atoms with Gasteiger partial charge in [0.25, 0.3) is 0 Å². The van der Waals surface area contributed by atoms with Crippen molar-refractivity contribution in [2.45, 2.75) is 43.2 Å². The fraction of sp³-hybridized carbons (Fsp3) is 0.312. The van der Waals surface area contributed by atoms with Gasteiger partial charge in [-0.15, -0.1) is 0 Å². The average molecular weight is 300 g/mol. The van der Waals surface area contributed by atoms with Crippen LogP contribution < -0.4 is 0 Å². The molecule has 0 unspecified atom stereocenters. The summed E-state index contributed by atoms with van der Waals surface area (Å²) >= 11 is 1.33. The largest absolute Gasteiger partial charge is 0.478 e. The first-order valence-corrected chi connectivity index (χ1v) is 7.74. The smallest absolute Gasteiger partial charge is 0.338 e. The Kier molecular flexibility index (Phi) is 3.68. The molecular weight excluding hydrogens is 284 g/mol. The molecule has 0 atom stereocenters. The van der Waals surface area contributed by atoms with Crippen LogP contribution in [-0.4, -0.2) is 21.0 Å². The van der Waals surface area contributed by atoms with E-state index in [1.54, 1.807) is 6.07 Å². The van der Waals surface area contributed by atoms with Crippen LogP contribution in [0.4, 0.5) is 0 Å². The van der Waals surface area contributed by atoms with Crippen molar-refractivity contribution in [3.63, 3.8) is 0 Å². The molecule has 2 heterocycles. The Bertz CT molecular complexity index is 708. The van der Waals surface area contributed by atoms with Crippen molar-refractivity contribution in [1.29, 1.82) is 0 Å². The third-order valence-corrected chi connectivity index (χ3v) is 4.44. The zero-order valence-electron chi connectivity index (χ0n) is 12.0. The third-order valence-electron chi connectivity index (χ3n) is 3.52. The summed E-state index contributed by atoms with van der Waals surface area (Å²) in [6.07, 6.45) is 2.91. The van der Waals surface area contributed by atoms with E-state index in [9.17, 15) is 9.90 Å². The molecule has 0 aliphatic heterocycles. The van der Waals surface area contributed by atoms with Gasteiger partial charge in [-0.25, -0.2) is 14.8 Å². The number of carboxylic acids is 1. The lowest BCUT2D eigenvalue weighted by atomic mass is 10.1. The number of rotatable bonds is 3. The fourth-order valence-electron chi connectivity index (χ4n) is 2.64. The summed E-state index contributed by atoms with van der Waals surface area (Å²) in [6, 6.07) is 5.74. The average Bonchev–Trinajstić information content (AvgIpc) is 2.83. The molecule has 3 rings (SSSR count). The van der Waals surface area contributed by atoms with Crippen molar-refractivity contribution < 1.29 is 9.90 Å². The monoisotopic (exact) mass is 300 g/mol. The minimum absolute atomic E-state index is 0.279. The lowest BCUT2D eigenvalue weighted by molar-refractivity contribution is 0.0692. The van der Waals surface area contributed by atoms with Gasteiger partial charge in [0, 0.05) is 11.4 Å². The minimum Gasteiger partial charge on any atom is -0.478 e. The Hall–Kier alpha value is -1.88. The van der Waals surface area contributed by atoms with Crippen LogP contribution in [0.5, 0.6) is 0 Å². The van der Waals surface area contributed by atoms with E-state index in [2.05, 4.69) is 9.97 Å². The third kappa shape index (κ3) is 2.93. The Morgan fingerprint density at radius 3 is 2.71 bits per heavy atom. The Labute approximate surface area is 127 Å². The highest BCUT2D eigenvalue weighted by Crippen LogP contribution is 2.32. The van der Waals surface area contributed by atoms with Crippen LogP contribution in [0.15, 0.2) is 28.3 Å². The lowest BCUT2D eigenvalue weighted by Gasteiger charge is -2.09. The highest BCUT2D eigenvalue weighted by molar-refractivity contribution is 7.99. The summed E-state index contributed by atoms with van der Waals surface area (Å²) < 4.78 is 0. The van der Waals surface area contributed by atoms with Gasteiger partial charge in [0.15, 0.2) is 0 Å². The first kappa shape index (κ1) is 14.1. The van der Waals surface area contributed by atoms with Crippen molar-refractivity contribution in [2.24, 2.45) is 0 Å². The second kappa shape index (κ2) is 5.48. The molecule has 0 aromatic carbocycles. The summed E-state index contributed by atoms with van der Waals surface area (Å²) in [6.45, 7) is 3.94. The molecule has 1 N–H and O–H groups in total. The Balaban J connectivity index is 2.03. The predicted molar refractivity (Wildman–Crippen MR) is 81.1 cm³/mol. The number of aromatic nitrogens is 2. The highest BCUT2D eigenvalue weighted by atomic mass is 32.2. The van der Waals surface area contributed by atoms with E-state index >= 15 is 0 Å². The second-order valence-corrected chi connectivity index (χ2v) is 6.34. The van der Waals surface area contributed by atoms with Crippen molar-refractivity contribution >= 4 is 17.7 Å². The molecule has 0 spiro atoms. The van der Waals surface area contributed by atoms with Crippen LogP contribution in [0.25, 0.3) is 0 Å². The predicted octanol–water partition coefficient (Wildman–Crippen LogP) is 3.43. The number of nitrogens with zero attached hydrogens (tertiary/aromatic N) is 2. The van der Waals surface area contributed by atoms with Crippen molar-refractivity contribution in [3.05, 3.63) is 46.3 Å². The summed E-state index contributed by atoms with van der Waals surface area (Å²) in [4.78, 5) is 20.5. The number of aromatic carboxylic acids is 1. The first-order valence-electron chi connectivity index (χ1n) is 6.92. The summed E-state index contributed by atoms with van der Waals surface area (Å²) in [5, 5.41) is 10.7. The molecule has 1 aliphatic carbocycles. The molecule has 0 radical (unpaired) electrons. The quantitative estimate of drug-likeness (QED) is 0.941. The summed E-state index contributed by atoms with van der Waals surface area (Å²) in [5.74, 6) is -0.927. The van der Waals surface area contributed by atoms with E-state index in [4.69, 9.17) is 0 Å². The van der Waals surface area contributed by atoms with Crippen LogP contribution in [-0.2, 0) is 12.8 Å². The van der Waals surface area contributed by atoms with Gasteiger partial charge in [0.05, 0.1) is 5.56 Å². The maximum Gasteiger partial charge on any atom is 0.338 e. The number of pyridine rings is 2. The first-order chi connectivity index (χ1) is 10.0. The standard InChI is InChI=1S/C16H16N2O2S/c1-9-6-10(2)17-14(7-9)21-15-12(16(19)20)8-11-4-3-5-13(11)18-15/h6-8H,3-5H2,1-2H3,(H,19,20). The molecule has 1 aliphatic rings. The molecule has 2 aromatic rings. The molecule has 5 heteroatoms. The summed E-state index contributed by atoms with van der Waals surface area (Å²) in [7, 11) is 0. The molecule has 0 bridgehead atoms. The van der Waals surface area contributed by atoms with Gasteiger partial charge in [-0.2, -0.15) is 0 Å². The highest BCUT2D eigenvalue weighted by Gasteiger charge is 2.20. The van der Waals surface area contributed by atoms with Gasteiger partial charge < -0.3 is 5.11 Å². The number of hydrogen-bond acceptors (Lipinski definition) is 4. The molecule has 4 nitrogen and oxygen atoms in total. The Morgan fingerprint density at radius 1 is 1.19 bits per heavy atom. The zero-order valence-corrected chi connectivity index (χ0v) is 12.8. The van der Waals surface area contributed by atoms with Crippen molar-refractivity contribution in [3.8, 4) is 0 Å². The SMILES string of the molecule is Cc1cc(C)nc(Sc2nc3c(cc2C(=O)O)CCC3)c1.